The lowest BCUT2D eigenvalue weighted by Gasteiger charge is -2.38. The smallest absolute Gasteiger partial charge is 0.261 e. The highest BCUT2D eigenvalue weighted by molar-refractivity contribution is 5.79. The second kappa shape index (κ2) is 7.09. The summed E-state index contributed by atoms with van der Waals surface area (Å²) in [4.78, 5) is 16.6. The third kappa shape index (κ3) is 3.32. The van der Waals surface area contributed by atoms with Crippen LogP contribution in [0.4, 0.5) is 0 Å². The predicted octanol–water partition coefficient (Wildman–Crippen LogP) is 3.18. The maximum atomic E-state index is 12.8. The number of hydrogen-bond acceptors (Lipinski definition) is 4. The zero-order valence-electron chi connectivity index (χ0n) is 15.4. The molecule has 0 saturated carbocycles. The Balaban J connectivity index is 1.35. The van der Waals surface area contributed by atoms with Gasteiger partial charge in [0.1, 0.15) is 5.75 Å². The third-order valence-electron chi connectivity index (χ3n) is 5.67. The van der Waals surface area contributed by atoms with Gasteiger partial charge in [-0.25, -0.2) is 0 Å². The molecule has 138 valence electrons. The van der Waals surface area contributed by atoms with Crippen LogP contribution in [0.25, 0.3) is 0 Å². The van der Waals surface area contributed by atoms with Crippen molar-refractivity contribution in [3.8, 4) is 5.75 Å². The van der Waals surface area contributed by atoms with Crippen LogP contribution in [-0.4, -0.2) is 44.5 Å². The molecule has 3 heterocycles. The molecule has 1 aromatic heterocycles. The van der Waals surface area contributed by atoms with E-state index in [1.54, 1.807) is 17.2 Å². The molecule has 2 unspecified atom stereocenters. The molecule has 2 bridgehead atoms. The van der Waals surface area contributed by atoms with Crippen LogP contribution >= 0.6 is 0 Å². The topological polar surface area (TPSA) is 60.2 Å². The third-order valence-corrected chi connectivity index (χ3v) is 5.67. The predicted molar refractivity (Wildman–Crippen MR) is 98.0 cm³/mol. The Labute approximate surface area is 154 Å². The van der Waals surface area contributed by atoms with Gasteiger partial charge in [0.25, 0.3) is 5.91 Å². The molecule has 4 rings (SSSR count). The number of fused-ring (bicyclic) bond motifs is 2. The molecule has 0 spiro atoms. The molecule has 2 aliphatic rings. The zero-order valence-corrected chi connectivity index (χ0v) is 15.4. The Kier molecular flexibility index (Phi) is 4.66. The molecule has 2 saturated heterocycles. The molecule has 0 radical (unpaired) electrons. The fourth-order valence-corrected chi connectivity index (χ4v) is 4.33. The van der Waals surface area contributed by atoms with Gasteiger partial charge in [-0.3, -0.25) is 4.79 Å². The van der Waals surface area contributed by atoms with Crippen molar-refractivity contribution >= 4 is 5.91 Å². The summed E-state index contributed by atoms with van der Waals surface area (Å²) < 4.78 is 5.76. The molecule has 26 heavy (non-hydrogen) atoms. The average molecular weight is 354 g/mol. The van der Waals surface area contributed by atoms with E-state index in [-0.39, 0.29) is 24.6 Å². The molecule has 2 aromatic rings. The van der Waals surface area contributed by atoms with E-state index in [2.05, 4.69) is 41.1 Å². The van der Waals surface area contributed by atoms with Gasteiger partial charge in [0.05, 0.1) is 18.4 Å². The number of piperidine rings is 1. The highest BCUT2D eigenvalue weighted by Crippen LogP contribution is 2.40. The van der Waals surface area contributed by atoms with E-state index in [9.17, 15) is 4.79 Å². The van der Waals surface area contributed by atoms with Crippen LogP contribution in [0.15, 0.2) is 36.7 Å². The lowest BCUT2D eigenvalue weighted by molar-refractivity contribution is -0.138. The number of benzene rings is 1. The lowest BCUT2D eigenvalue weighted by Crippen LogP contribution is -2.48. The Hall–Kier alpha value is -2.37. The quantitative estimate of drug-likeness (QED) is 0.827. The van der Waals surface area contributed by atoms with Gasteiger partial charge in [0.15, 0.2) is 6.61 Å². The van der Waals surface area contributed by atoms with E-state index in [0.29, 0.717) is 12.0 Å². The number of ether oxygens (including phenoxy) is 1. The first-order valence-corrected chi connectivity index (χ1v) is 9.51. The van der Waals surface area contributed by atoms with E-state index >= 15 is 0 Å². The minimum absolute atomic E-state index is 0.0947. The van der Waals surface area contributed by atoms with Gasteiger partial charge in [-0.1, -0.05) is 26.0 Å². The van der Waals surface area contributed by atoms with Gasteiger partial charge in [0.2, 0.25) is 0 Å². The van der Waals surface area contributed by atoms with Crippen LogP contribution in [0, 0.1) is 0 Å². The average Bonchev–Trinajstić information content (AvgIpc) is 3.27. The lowest BCUT2D eigenvalue weighted by atomic mass is 9.98. The molecule has 1 aromatic carbocycles. The Morgan fingerprint density at radius 1 is 1.08 bits per heavy atom. The first kappa shape index (κ1) is 17.1. The molecule has 2 atom stereocenters. The monoisotopic (exact) mass is 354 g/mol. The molecule has 6 heteroatoms. The zero-order chi connectivity index (χ0) is 18.1. The van der Waals surface area contributed by atoms with Crippen molar-refractivity contribution in [2.75, 3.05) is 6.61 Å². The van der Waals surface area contributed by atoms with Crippen molar-refractivity contribution in [2.24, 2.45) is 0 Å². The summed E-state index contributed by atoms with van der Waals surface area (Å²) in [5.74, 6) is 1.34. The van der Waals surface area contributed by atoms with Gasteiger partial charge in [-0.2, -0.15) is 15.0 Å². The highest BCUT2D eigenvalue weighted by atomic mass is 16.5. The van der Waals surface area contributed by atoms with E-state index in [1.165, 1.54) is 5.56 Å². The molecule has 0 N–H and O–H groups in total. The summed E-state index contributed by atoms with van der Waals surface area (Å²) in [6, 6.07) is 8.90. The largest absolute Gasteiger partial charge is 0.484 e. The van der Waals surface area contributed by atoms with Gasteiger partial charge in [0, 0.05) is 12.1 Å². The first-order valence-electron chi connectivity index (χ1n) is 9.51. The number of rotatable bonds is 5. The van der Waals surface area contributed by atoms with Crippen LogP contribution in [0.2, 0.25) is 0 Å². The fraction of sp³-hybridized carbons (Fsp3) is 0.550. The molecule has 1 amide bonds. The maximum Gasteiger partial charge on any atom is 0.261 e. The standard InChI is InChI=1S/C20H26N4O2/c1-14(2)15-3-7-19(8-4-15)26-13-20(25)23-16-5-6-17(23)12-18(11-16)24-21-9-10-22-24/h3-4,7-10,14,16-18H,5-6,11-13H2,1-2H3. The minimum Gasteiger partial charge on any atom is -0.484 e. The van der Waals surface area contributed by atoms with Crippen LogP contribution in [-0.2, 0) is 4.79 Å². The summed E-state index contributed by atoms with van der Waals surface area (Å²) in [6.45, 7) is 4.44. The van der Waals surface area contributed by atoms with Crippen molar-refractivity contribution in [3.63, 3.8) is 0 Å². The van der Waals surface area contributed by atoms with Gasteiger partial charge >= 0.3 is 0 Å². The molecular formula is C20H26N4O2. The Morgan fingerprint density at radius 3 is 2.27 bits per heavy atom. The highest BCUT2D eigenvalue weighted by Gasteiger charge is 2.44. The van der Waals surface area contributed by atoms with Crippen molar-refractivity contribution in [2.45, 2.75) is 63.6 Å². The number of aromatic nitrogens is 3. The molecule has 2 aliphatic heterocycles. The molecule has 6 nitrogen and oxygen atoms in total. The molecular weight excluding hydrogens is 328 g/mol. The maximum absolute atomic E-state index is 12.8. The van der Waals surface area contributed by atoms with Crippen molar-refractivity contribution < 1.29 is 9.53 Å². The normalized spacial score (nSPS) is 24.9. The summed E-state index contributed by atoms with van der Waals surface area (Å²) >= 11 is 0. The Morgan fingerprint density at radius 2 is 1.69 bits per heavy atom. The van der Waals surface area contributed by atoms with Gasteiger partial charge in [-0.15, -0.1) is 0 Å². The van der Waals surface area contributed by atoms with Crippen LogP contribution in [0.3, 0.4) is 0 Å². The summed E-state index contributed by atoms with van der Waals surface area (Å²) in [5.41, 5.74) is 1.27. The Bertz CT molecular complexity index is 728. The van der Waals surface area contributed by atoms with Crippen LogP contribution in [0.5, 0.6) is 5.75 Å². The van der Waals surface area contributed by atoms with Crippen molar-refractivity contribution in [3.05, 3.63) is 42.2 Å². The number of carbonyl (C=O) groups excluding carboxylic acids is 1. The summed E-state index contributed by atoms with van der Waals surface area (Å²) in [7, 11) is 0. The van der Waals surface area contributed by atoms with Crippen LogP contribution < -0.4 is 4.74 Å². The number of nitrogens with zero attached hydrogens (tertiary/aromatic N) is 4. The molecule has 2 fully saturated rings. The fourth-order valence-electron chi connectivity index (χ4n) is 4.33. The minimum atomic E-state index is 0.0947. The number of carbonyl (C=O) groups is 1. The van der Waals surface area contributed by atoms with Crippen molar-refractivity contribution in [1.82, 2.24) is 19.9 Å². The second-order valence-corrected chi connectivity index (χ2v) is 7.67. The number of hydrogen-bond donors (Lipinski definition) is 0. The first-order chi connectivity index (χ1) is 12.6. The van der Waals surface area contributed by atoms with E-state index < -0.39 is 0 Å². The van der Waals surface area contributed by atoms with Gasteiger partial charge in [-0.05, 0) is 49.3 Å². The number of amides is 1. The van der Waals surface area contributed by atoms with Crippen LogP contribution in [0.1, 0.15) is 57.1 Å². The SMILES string of the molecule is CC(C)c1ccc(OCC(=O)N2C3CCC2CC(n2nccn2)C3)cc1. The van der Waals surface area contributed by atoms with E-state index in [0.717, 1.165) is 31.4 Å². The molecule has 0 aliphatic carbocycles. The van der Waals surface area contributed by atoms with E-state index in [1.807, 2.05) is 12.1 Å². The van der Waals surface area contributed by atoms with Gasteiger partial charge < -0.3 is 9.64 Å². The summed E-state index contributed by atoms with van der Waals surface area (Å²) in [5, 5.41) is 8.56. The van der Waals surface area contributed by atoms with E-state index in [4.69, 9.17) is 4.74 Å². The second-order valence-electron chi connectivity index (χ2n) is 7.67. The summed E-state index contributed by atoms with van der Waals surface area (Å²) in [6.07, 6.45) is 7.43. The van der Waals surface area contributed by atoms with Crippen molar-refractivity contribution in [1.29, 1.82) is 0 Å².